The van der Waals surface area contributed by atoms with Gasteiger partial charge in [0, 0.05) is 6.20 Å². The van der Waals surface area contributed by atoms with Gasteiger partial charge in [0.1, 0.15) is 11.6 Å². The lowest BCUT2D eigenvalue weighted by Crippen LogP contribution is -2.05. The van der Waals surface area contributed by atoms with Crippen molar-refractivity contribution in [1.29, 1.82) is 5.26 Å². The molecule has 14 heavy (non-hydrogen) atoms. The Morgan fingerprint density at radius 1 is 1.86 bits per heavy atom. The van der Waals surface area contributed by atoms with Gasteiger partial charge in [-0.25, -0.2) is 9.78 Å². The van der Waals surface area contributed by atoms with Gasteiger partial charge in [0.25, 0.3) is 0 Å². The Labute approximate surface area is 81.0 Å². The Hall–Kier alpha value is -2.09. The van der Waals surface area contributed by atoms with Crippen LogP contribution >= 0.6 is 0 Å². The van der Waals surface area contributed by atoms with E-state index in [9.17, 15) is 4.79 Å². The Kier molecular flexibility index (Phi) is 3.44. The first-order chi connectivity index (χ1) is 6.77. The van der Waals surface area contributed by atoms with E-state index < -0.39 is 5.97 Å². The third-order valence-corrected chi connectivity index (χ3v) is 1.43. The quantitative estimate of drug-likeness (QED) is 0.437. The zero-order valence-corrected chi connectivity index (χ0v) is 7.65. The maximum absolute atomic E-state index is 11.1. The second kappa shape index (κ2) is 4.82. The molecule has 1 aromatic rings. The van der Waals surface area contributed by atoms with Gasteiger partial charge in [-0.05, 0) is 13.0 Å². The van der Waals surface area contributed by atoms with Gasteiger partial charge in [-0.1, -0.05) is 0 Å². The zero-order chi connectivity index (χ0) is 10.4. The first-order valence-corrected chi connectivity index (χ1v) is 4.05. The number of nitrogens with zero attached hydrogens (tertiary/aromatic N) is 2. The van der Waals surface area contributed by atoms with E-state index in [0.29, 0.717) is 5.69 Å². The second-order valence-corrected chi connectivity index (χ2v) is 2.38. The largest absolute Gasteiger partial charge is 0.462 e. The number of aromatic amines is 1. The second-order valence-electron chi connectivity index (χ2n) is 2.38. The van der Waals surface area contributed by atoms with Crippen molar-refractivity contribution < 1.29 is 9.53 Å². The molecule has 0 bridgehead atoms. The lowest BCUT2D eigenvalue weighted by Gasteiger charge is -1.97. The summed E-state index contributed by atoms with van der Waals surface area (Å²) in [6.07, 6.45) is 4.41. The lowest BCUT2D eigenvalue weighted by molar-refractivity contribution is -0.137. The summed E-state index contributed by atoms with van der Waals surface area (Å²) in [4.78, 5) is 17.7. The van der Waals surface area contributed by atoms with Gasteiger partial charge in [0.15, 0.2) is 0 Å². The van der Waals surface area contributed by atoms with Crippen LogP contribution in [0.5, 0.6) is 0 Å². The van der Waals surface area contributed by atoms with Crippen molar-refractivity contribution in [3.05, 3.63) is 23.8 Å². The van der Waals surface area contributed by atoms with Gasteiger partial charge in [0.05, 0.1) is 18.6 Å². The molecule has 1 heterocycles. The predicted octanol–water partition coefficient (Wildman–Crippen LogP) is 0.880. The number of nitrogens with one attached hydrogen (secondary N) is 1. The molecule has 5 nitrogen and oxygen atoms in total. The molecule has 0 amide bonds. The highest BCUT2D eigenvalue weighted by Gasteiger charge is 2.09. The summed E-state index contributed by atoms with van der Waals surface area (Å²) in [7, 11) is 0. The van der Waals surface area contributed by atoms with Crippen LogP contribution in [0.1, 0.15) is 12.6 Å². The predicted molar refractivity (Wildman–Crippen MR) is 48.8 cm³/mol. The summed E-state index contributed by atoms with van der Waals surface area (Å²) in [5.74, 6) is -0.627. The maximum atomic E-state index is 11.1. The highest BCUT2D eigenvalue weighted by molar-refractivity contribution is 5.97. The number of nitriles is 1. The fourth-order valence-electron chi connectivity index (χ4n) is 0.844. The highest BCUT2D eigenvalue weighted by Crippen LogP contribution is 2.03. The Balaban J connectivity index is 2.83. The summed E-state index contributed by atoms with van der Waals surface area (Å²) in [6.45, 7) is 1.93. The van der Waals surface area contributed by atoms with E-state index in [4.69, 9.17) is 5.26 Å². The summed E-state index contributed by atoms with van der Waals surface area (Å²) in [6, 6.07) is 1.76. The van der Waals surface area contributed by atoms with Crippen LogP contribution in [-0.2, 0) is 9.53 Å². The molecule has 1 N–H and O–H groups in total. The zero-order valence-electron chi connectivity index (χ0n) is 7.65. The van der Waals surface area contributed by atoms with Gasteiger partial charge < -0.3 is 9.72 Å². The first-order valence-electron chi connectivity index (χ1n) is 4.05. The molecule has 1 rings (SSSR count). The summed E-state index contributed by atoms with van der Waals surface area (Å²) < 4.78 is 4.68. The number of rotatable bonds is 3. The van der Waals surface area contributed by atoms with Gasteiger partial charge >= 0.3 is 5.97 Å². The number of imidazole rings is 1. The minimum absolute atomic E-state index is 0.0565. The highest BCUT2D eigenvalue weighted by atomic mass is 16.5. The minimum Gasteiger partial charge on any atom is -0.462 e. The van der Waals surface area contributed by atoms with Crippen molar-refractivity contribution in [3.63, 3.8) is 0 Å². The van der Waals surface area contributed by atoms with Gasteiger partial charge in [-0.2, -0.15) is 5.26 Å². The van der Waals surface area contributed by atoms with E-state index in [-0.39, 0.29) is 12.2 Å². The molecule has 0 saturated heterocycles. The van der Waals surface area contributed by atoms with Crippen LogP contribution in [0.2, 0.25) is 0 Å². The molecule has 0 fully saturated rings. The van der Waals surface area contributed by atoms with Crippen molar-refractivity contribution in [2.24, 2.45) is 0 Å². The molecule has 0 unspecified atom stereocenters. The van der Waals surface area contributed by atoms with Crippen LogP contribution in [-0.4, -0.2) is 22.5 Å². The monoisotopic (exact) mass is 191 g/mol. The minimum atomic E-state index is -0.627. The molecule has 0 radical (unpaired) electrons. The first kappa shape index (κ1) is 9.99. The van der Waals surface area contributed by atoms with Crippen LogP contribution in [0.4, 0.5) is 0 Å². The van der Waals surface area contributed by atoms with E-state index in [1.165, 1.54) is 12.4 Å². The number of carbonyl (C=O) groups excluding carboxylic acids is 1. The van der Waals surface area contributed by atoms with E-state index in [1.54, 1.807) is 19.2 Å². The summed E-state index contributed by atoms with van der Waals surface area (Å²) in [5, 5.41) is 8.66. The SMILES string of the molecule is CCOC(=O)/C(C#N)=C/c1c[nH]cn1. The molecule has 72 valence electrons. The molecule has 1 aromatic heterocycles. The van der Waals surface area contributed by atoms with Crippen LogP contribution in [0.25, 0.3) is 6.08 Å². The summed E-state index contributed by atoms with van der Waals surface area (Å²) >= 11 is 0. The molecule has 0 aliphatic heterocycles. The number of H-pyrrole nitrogens is 1. The molecule has 0 aliphatic rings. The third kappa shape index (κ3) is 2.45. The lowest BCUT2D eigenvalue weighted by atomic mass is 10.2. The van der Waals surface area contributed by atoms with Gasteiger partial charge in [0.2, 0.25) is 0 Å². The number of carbonyl (C=O) groups is 1. The van der Waals surface area contributed by atoms with Crippen molar-refractivity contribution in [2.75, 3.05) is 6.61 Å². The molecule has 0 aromatic carbocycles. The Morgan fingerprint density at radius 2 is 2.64 bits per heavy atom. The van der Waals surface area contributed by atoms with Gasteiger partial charge in [-0.3, -0.25) is 0 Å². The van der Waals surface area contributed by atoms with Gasteiger partial charge in [-0.15, -0.1) is 0 Å². The normalized spacial score (nSPS) is 10.7. The average Bonchev–Trinajstić information content (AvgIpc) is 2.66. The summed E-state index contributed by atoms with van der Waals surface area (Å²) in [5.41, 5.74) is 0.466. The molecule has 0 saturated carbocycles. The van der Waals surface area contributed by atoms with Crippen molar-refractivity contribution in [2.45, 2.75) is 6.92 Å². The molecular formula is C9H9N3O2. The van der Waals surface area contributed by atoms with E-state index in [1.807, 2.05) is 0 Å². The van der Waals surface area contributed by atoms with E-state index in [0.717, 1.165) is 0 Å². The van der Waals surface area contributed by atoms with Crippen molar-refractivity contribution in [3.8, 4) is 6.07 Å². The number of hydrogen-bond acceptors (Lipinski definition) is 4. The molecule has 5 heteroatoms. The van der Waals surface area contributed by atoms with Crippen LogP contribution in [0, 0.1) is 11.3 Å². The molecule has 0 atom stereocenters. The Bertz CT molecular complexity index is 373. The molecular weight excluding hydrogens is 182 g/mol. The van der Waals surface area contributed by atoms with E-state index >= 15 is 0 Å². The molecule has 0 spiro atoms. The van der Waals surface area contributed by atoms with Crippen molar-refractivity contribution >= 4 is 12.0 Å². The standard InChI is InChI=1S/C9H9N3O2/c1-2-14-9(13)7(4-10)3-8-5-11-6-12-8/h3,5-6H,2H2,1H3,(H,11,12)/b7-3+. The third-order valence-electron chi connectivity index (χ3n) is 1.43. The smallest absolute Gasteiger partial charge is 0.348 e. The number of esters is 1. The van der Waals surface area contributed by atoms with E-state index in [2.05, 4.69) is 14.7 Å². The van der Waals surface area contributed by atoms with Crippen LogP contribution < -0.4 is 0 Å². The molecule has 0 aliphatic carbocycles. The number of hydrogen-bond donors (Lipinski definition) is 1. The fraction of sp³-hybridized carbons (Fsp3) is 0.222. The number of ether oxygens (including phenoxy) is 1. The Morgan fingerprint density at radius 3 is 3.14 bits per heavy atom. The maximum Gasteiger partial charge on any atom is 0.348 e. The van der Waals surface area contributed by atoms with Crippen molar-refractivity contribution in [1.82, 2.24) is 9.97 Å². The van der Waals surface area contributed by atoms with Crippen LogP contribution in [0.15, 0.2) is 18.1 Å². The fourth-order valence-corrected chi connectivity index (χ4v) is 0.844. The average molecular weight is 191 g/mol. The number of aromatic nitrogens is 2. The van der Waals surface area contributed by atoms with Crippen LogP contribution in [0.3, 0.4) is 0 Å². The topological polar surface area (TPSA) is 78.8 Å².